The number of halogens is 5. The lowest BCUT2D eigenvalue weighted by Gasteiger charge is -2.09. The lowest BCUT2D eigenvalue weighted by atomic mass is 10.3. The van der Waals surface area contributed by atoms with Crippen LogP contribution in [0, 0.1) is 0 Å². The molecule has 0 fully saturated rings. The minimum atomic E-state index is -4.40. The summed E-state index contributed by atoms with van der Waals surface area (Å²) < 4.78 is 40.2. The molecular formula is C12H18Cl2F3N3O2. The van der Waals surface area contributed by atoms with Gasteiger partial charge in [0.25, 0.3) is 0 Å². The molecule has 5 nitrogen and oxygen atoms in total. The zero-order valence-electron chi connectivity index (χ0n) is 11.8. The van der Waals surface area contributed by atoms with Gasteiger partial charge in [0.1, 0.15) is 0 Å². The summed E-state index contributed by atoms with van der Waals surface area (Å²) in [5, 5.41) is 5.51. The van der Waals surface area contributed by atoms with Gasteiger partial charge < -0.3 is 15.4 Å². The minimum absolute atomic E-state index is 0. The van der Waals surface area contributed by atoms with Crippen LogP contribution in [0.1, 0.15) is 12.8 Å². The second kappa shape index (κ2) is 11.3. The number of hydrogen-bond donors (Lipinski definition) is 2. The number of aromatic nitrogens is 1. The number of rotatable bonds is 7. The Hall–Kier alpha value is -1.25. The van der Waals surface area contributed by atoms with E-state index in [1.54, 1.807) is 7.05 Å². The maximum absolute atomic E-state index is 11.9. The number of amides is 1. The Labute approximate surface area is 138 Å². The van der Waals surface area contributed by atoms with Gasteiger partial charge in [0.2, 0.25) is 11.8 Å². The summed E-state index contributed by atoms with van der Waals surface area (Å²) in [6.07, 6.45) is -2.10. The number of carbonyl (C=O) groups excluding carboxylic acids is 1. The lowest BCUT2D eigenvalue weighted by molar-refractivity contribution is -0.154. The van der Waals surface area contributed by atoms with Crippen molar-refractivity contribution >= 4 is 36.4 Å². The van der Waals surface area contributed by atoms with Crippen molar-refractivity contribution in [1.29, 1.82) is 0 Å². The smallest absolute Gasteiger partial charge is 0.422 e. The second-order valence-electron chi connectivity index (χ2n) is 4.04. The van der Waals surface area contributed by atoms with E-state index < -0.39 is 12.8 Å². The predicted molar refractivity (Wildman–Crippen MR) is 82.1 cm³/mol. The summed E-state index contributed by atoms with van der Waals surface area (Å²) >= 11 is 0. The summed E-state index contributed by atoms with van der Waals surface area (Å²) in [5.41, 5.74) is 0.416. The summed E-state index contributed by atoms with van der Waals surface area (Å²) in [4.78, 5) is 15.2. The average Bonchev–Trinajstić information content (AvgIpc) is 2.37. The molecule has 0 unspecified atom stereocenters. The van der Waals surface area contributed by atoms with Crippen molar-refractivity contribution in [3.05, 3.63) is 18.3 Å². The molecular weight excluding hydrogens is 346 g/mol. The van der Waals surface area contributed by atoms with Gasteiger partial charge in [-0.15, -0.1) is 24.8 Å². The number of anilines is 1. The zero-order chi connectivity index (χ0) is 15.0. The highest BCUT2D eigenvalue weighted by molar-refractivity contribution is 5.90. The molecule has 0 aliphatic rings. The summed E-state index contributed by atoms with van der Waals surface area (Å²) in [5.74, 6) is -0.318. The highest BCUT2D eigenvalue weighted by Gasteiger charge is 2.28. The van der Waals surface area contributed by atoms with Crippen molar-refractivity contribution in [2.75, 3.05) is 25.5 Å². The number of carbonyl (C=O) groups is 1. The van der Waals surface area contributed by atoms with Crippen molar-refractivity contribution in [3.63, 3.8) is 0 Å². The molecule has 0 spiro atoms. The molecule has 1 heterocycles. The van der Waals surface area contributed by atoms with E-state index in [-0.39, 0.29) is 36.6 Å². The molecule has 0 atom stereocenters. The normalized spacial score (nSPS) is 10.2. The molecule has 0 bridgehead atoms. The van der Waals surface area contributed by atoms with E-state index in [4.69, 9.17) is 0 Å². The molecule has 10 heteroatoms. The second-order valence-corrected chi connectivity index (χ2v) is 4.04. The molecule has 1 aromatic rings. The largest absolute Gasteiger partial charge is 0.468 e. The lowest BCUT2D eigenvalue weighted by Crippen LogP contribution is -2.19. The van der Waals surface area contributed by atoms with Gasteiger partial charge in [0.05, 0.1) is 11.9 Å². The summed E-state index contributed by atoms with van der Waals surface area (Å²) in [6, 6.07) is 2.71. The van der Waals surface area contributed by atoms with Gasteiger partial charge in [-0.05, 0) is 26.1 Å². The molecule has 0 aliphatic heterocycles. The molecule has 128 valence electrons. The van der Waals surface area contributed by atoms with Gasteiger partial charge in [-0.25, -0.2) is 4.98 Å². The number of hydrogen-bond acceptors (Lipinski definition) is 4. The Morgan fingerprint density at radius 1 is 1.32 bits per heavy atom. The molecule has 2 N–H and O–H groups in total. The molecule has 0 radical (unpaired) electrons. The van der Waals surface area contributed by atoms with E-state index in [1.165, 1.54) is 18.3 Å². The molecule has 1 amide bonds. The first kappa shape index (κ1) is 23.0. The van der Waals surface area contributed by atoms with Gasteiger partial charge in [-0.1, -0.05) is 0 Å². The molecule has 0 saturated heterocycles. The molecule has 22 heavy (non-hydrogen) atoms. The number of nitrogens with zero attached hydrogens (tertiary/aromatic N) is 1. The quantitative estimate of drug-likeness (QED) is 0.731. The van der Waals surface area contributed by atoms with E-state index in [0.717, 1.165) is 6.54 Å². The van der Waals surface area contributed by atoms with Crippen molar-refractivity contribution in [2.24, 2.45) is 0 Å². The summed E-state index contributed by atoms with van der Waals surface area (Å²) in [7, 11) is 1.79. The SMILES string of the molecule is CNCCCC(=O)Nc1ccc(OCC(F)(F)F)nc1.Cl.Cl. The van der Waals surface area contributed by atoms with Gasteiger partial charge >= 0.3 is 6.18 Å². The Balaban J connectivity index is 0. The van der Waals surface area contributed by atoms with Gasteiger partial charge in [-0.2, -0.15) is 13.2 Å². The fourth-order valence-corrected chi connectivity index (χ4v) is 1.34. The van der Waals surface area contributed by atoms with Crippen molar-refractivity contribution < 1.29 is 22.7 Å². The summed E-state index contributed by atoms with van der Waals surface area (Å²) in [6.45, 7) is -0.661. The van der Waals surface area contributed by atoms with E-state index >= 15 is 0 Å². The van der Waals surface area contributed by atoms with Crippen LogP contribution in [0.15, 0.2) is 18.3 Å². The van der Waals surface area contributed by atoms with Crippen LogP contribution in [0.5, 0.6) is 5.88 Å². The maximum atomic E-state index is 11.9. The van der Waals surface area contributed by atoms with Crippen LogP contribution >= 0.6 is 24.8 Å². The third-order valence-electron chi connectivity index (χ3n) is 2.23. The van der Waals surface area contributed by atoms with E-state index in [0.29, 0.717) is 18.5 Å². The van der Waals surface area contributed by atoms with Crippen molar-refractivity contribution in [2.45, 2.75) is 19.0 Å². The molecule has 0 saturated carbocycles. The average molecular weight is 364 g/mol. The van der Waals surface area contributed by atoms with E-state index in [9.17, 15) is 18.0 Å². The number of pyridine rings is 1. The van der Waals surface area contributed by atoms with E-state index in [1.807, 2.05) is 0 Å². The number of ether oxygens (including phenoxy) is 1. The molecule has 0 aliphatic carbocycles. The Bertz CT molecular complexity index is 431. The zero-order valence-corrected chi connectivity index (χ0v) is 13.4. The van der Waals surface area contributed by atoms with Crippen LogP contribution in [-0.2, 0) is 4.79 Å². The highest BCUT2D eigenvalue weighted by atomic mass is 35.5. The standard InChI is InChI=1S/C12H16F3N3O2.2ClH/c1-16-6-2-3-10(19)18-9-4-5-11(17-7-9)20-8-12(13,14)15;;/h4-5,7,16H,2-3,6,8H2,1H3,(H,18,19);2*1H. The van der Waals surface area contributed by atoms with Crippen molar-refractivity contribution in [3.8, 4) is 5.88 Å². The van der Waals surface area contributed by atoms with E-state index in [2.05, 4.69) is 20.4 Å². The van der Waals surface area contributed by atoms with Gasteiger partial charge in [0, 0.05) is 12.5 Å². The fraction of sp³-hybridized carbons (Fsp3) is 0.500. The number of nitrogens with one attached hydrogen (secondary N) is 2. The first-order chi connectivity index (χ1) is 9.40. The molecule has 1 rings (SSSR count). The Morgan fingerprint density at radius 3 is 2.50 bits per heavy atom. The van der Waals surface area contributed by atoms with Crippen molar-refractivity contribution in [1.82, 2.24) is 10.3 Å². The highest BCUT2D eigenvalue weighted by Crippen LogP contribution is 2.18. The van der Waals surface area contributed by atoms with Crippen LogP contribution in [0.25, 0.3) is 0 Å². The minimum Gasteiger partial charge on any atom is -0.468 e. The topological polar surface area (TPSA) is 63.2 Å². The third kappa shape index (κ3) is 10.5. The van der Waals surface area contributed by atoms with Gasteiger partial charge in [0.15, 0.2) is 6.61 Å². The number of alkyl halides is 3. The first-order valence-corrected chi connectivity index (χ1v) is 6.01. The van der Waals surface area contributed by atoms with Crippen LogP contribution in [0.3, 0.4) is 0 Å². The predicted octanol–water partition coefficient (Wildman–Crippen LogP) is 2.80. The third-order valence-corrected chi connectivity index (χ3v) is 2.23. The van der Waals surface area contributed by atoms with Crippen LogP contribution in [-0.4, -0.2) is 37.3 Å². The van der Waals surface area contributed by atoms with Crippen LogP contribution < -0.4 is 15.4 Å². The van der Waals surface area contributed by atoms with Crippen LogP contribution in [0.2, 0.25) is 0 Å². The maximum Gasteiger partial charge on any atom is 0.422 e. The Kier molecular flexibility index (Phi) is 11.9. The van der Waals surface area contributed by atoms with Crippen LogP contribution in [0.4, 0.5) is 18.9 Å². The Morgan fingerprint density at radius 2 is 2.00 bits per heavy atom. The molecule has 1 aromatic heterocycles. The monoisotopic (exact) mass is 363 g/mol. The fourth-order valence-electron chi connectivity index (χ4n) is 1.34. The molecule has 0 aromatic carbocycles. The first-order valence-electron chi connectivity index (χ1n) is 6.01. The van der Waals surface area contributed by atoms with Gasteiger partial charge in [-0.3, -0.25) is 4.79 Å².